The smallest absolute Gasteiger partial charge is 0.134 e. The number of hydrogen-bond donors (Lipinski definition) is 1. The molecular formula is C14H13NO2S. The summed E-state index contributed by atoms with van der Waals surface area (Å²) in [4.78, 5) is 5.71. The first-order valence-electron chi connectivity index (χ1n) is 5.83. The lowest BCUT2D eigenvalue weighted by molar-refractivity contribution is 0.300. The van der Waals surface area contributed by atoms with Crippen molar-refractivity contribution in [2.24, 2.45) is 0 Å². The average molecular weight is 259 g/mol. The molecule has 0 amide bonds. The van der Waals surface area contributed by atoms with E-state index in [0.717, 1.165) is 32.1 Å². The number of aliphatic hydroxyl groups is 1. The largest absolute Gasteiger partial charge is 0.464 e. The van der Waals surface area contributed by atoms with E-state index in [1.54, 1.807) is 17.6 Å². The van der Waals surface area contributed by atoms with Crippen LogP contribution in [0.3, 0.4) is 0 Å². The molecule has 18 heavy (non-hydrogen) atoms. The van der Waals surface area contributed by atoms with E-state index >= 15 is 0 Å². The number of thiazole rings is 1. The van der Waals surface area contributed by atoms with Gasteiger partial charge in [-0.05, 0) is 13.0 Å². The molecule has 1 N–H and O–H groups in total. The first-order valence-corrected chi connectivity index (χ1v) is 6.65. The Kier molecular flexibility index (Phi) is 2.89. The van der Waals surface area contributed by atoms with E-state index in [1.807, 2.05) is 31.2 Å². The molecule has 0 radical (unpaired) electrons. The predicted molar refractivity (Wildman–Crippen MR) is 72.8 cm³/mol. The van der Waals surface area contributed by atoms with E-state index < -0.39 is 0 Å². The van der Waals surface area contributed by atoms with Crippen molar-refractivity contribution in [2.45, 2.75) is 13.3 Å². The second-order valence-corrected chi connectivity index (χ2v) is 5.23. The molecule has 3 aromatic rings. The lowest BCUT2D eigenvalue weighted by Crippen LogP contribution is -1.88. The third kappa shape index (κ3) is 1.83. The van der Waals surface area contributed by atoms with E-state index in [-0.39, 0.29) is 6.61 Å². The number of benzene rings is 1. The quantitative estimate of drug-likeness (QED) is 0.784. The van der Waals surface area contributed by atoms with E-state index in [9.17, 15) is 0 Å². The molecule has 0 saturated carbocycles. The lowest BCUT2D eigenvalue weighted by atomic mass is 10.2. The van der Waals surface area contributed by atoms with E-state index in [4.69, 9.17) is 9.52 Å². The average Bonchev–Trinajstić information content (AvgIpc) is 2.94. The Hall–Kier alpha value is -1.65. The van der Waals surface area contributed by atoms with Crippen LogP contribution in [0.2, 0.25) is 0 Å². The van der Waals surface area contributed by atoms with Crippen molar-refractivity contribution in [2.75, 3.05) is 6.61 Å². The molecule has 2 heterocycles. The number of rotatable bonds is 3. The van der Waals surface area contributed by atoms with Crippen LogP contribution in [0, 0.1) is 6.92 Å². The standard InChI is InChI=1S/C14H13NO2S/c1-9-13(6-7-16)18-14(15-9)11-8-17-12-5-3-2-4-10(11)12/h2-5,8,16H,6-7H2,1H3. The Labute approximate surface area is 109 Å². The molecule has 0 atom stereocenters. The van der Waals surface area contributed by atoms with Crippen LogP contribution in [0.15, 0.2) is 34.9 Å². The molecular weight excluding hydrogens is 246 g/mol. The fourth-order valence-corrected chi connectivity index (χ4v) is 3.09. The van der Waals surface area contributed by atoms with Gasteiger partial charge in [0.25, 0.3) is 0 Å². The number of aryl methyl sites for hydroxylation is 1. The normalized spacial score (nSPS) is 11.2. The second-order valence-electron chi connectivity index (χ2n) is 4.15. The van der Waals surface area contributed by atoms with Crippen LogP contribution >= 0.6 is 11.3 Å². The Bertz CT molecular complexity index is 684. The van der Waals surface area contributed by atoms with Crippen molar-refractivity contribution in [3.05, 3.63) is 41.1 Å². The van der Waals surface area contributed by atoms with Gasteiger partial charge in [-0.2, -0.15) is 0 Å². The maximum Gasteiger partial charge on any atom is 0.134 e. The zero-order valence-electron chi connectivity index (χ0n) is 10.0. The van der Waals surface area contributed by atoms with Crippen molar-refractivity contribution in [3.63, 3.8) is 0 Å². The van der Waals surface area contributed by atoms with Crippen LogP contribution in [0.25, 0.3) is 21.5 Å². The summed E-state index contributed by atoms with van der Waals surface area (Å²) in [7, 11) is 0. The van der Waals surface area contributed by atoms with Gasteiger partial charge in [-0.3, -0.25) is 0 Å². The summed E-state index contributed by atoms with van der Waals surface area (Å²) in [5.74, 6) is 0. The van der Waals surface area contributed by atoms with Crippen LogP contribution < -0.4 is 0 Å². The molecule has 3 rings (SSSR count). The first kappa shape index (κ1) is 11.4. The third-order valence-electron chi connectivity index (χ3n) is 2.94. The van der Waals surface area contributed by atoms with Crippen LogP contribution in [0.1, 0.15) is 10.6 Å². The summed E-state index contributed by atoms with van der Waals surface area (Å²) < 4.78 is 5.53. The zero-order valence-corrected chi connectivity index (χ0v) is 10.8. The summed E-state index contributed by atoms with van der Waals surface area (Å²) in [6.45, 7) is 2.14. The number of hydrogen-bond acceptors (Lipinski definition) is 4. The topological polar surface area (TPSA) is 46.3 Å². The van der Waals surface area contributed by atoms with Gasteiger partial charge in [0.2, 0.25) is 0 Å². The van der Waals surface area contributed by atoms with Gasteiger partial charge >= 0.3 is 0 Å². The first-order chi connectivity index (χ1) is 8.79. The van der Waals surface area contributed by atoms with Crippen molar-refractivity contribution in [1.29, 1.82) is 0 Å². The minimum absolute atomic E-state index is 0.161. The zero-order chi connectivity index (χ0) is 12.5. The van der Waals surface area contributed by atoms with Crippen LogP contribution in [-0.4, -0.2) is 16.7 Å². The number of fused-ring (bicyclic) bond motifs is 1. The summed E-state index contributed by atoms with van der Waals surface area (Å²) in [6, 6.07) is 7.95. The van der Waals surface area contributed by atoms with Gasteiger partial charge in [0.15, 0.2) is 0 Å². The van der Waals surface area contributed by atoms with Crippen molar-refractivity contribution < 1.29 is 9.52 Å². The third-order valence-corrected chi connectivity index (χ3v) is 4.19. The fraction of sp³-hybridized carbons (Fsp3) is 0.214. The van der Waals surface area contributed by atoms with Gasteiger partial charge in [-0.25, -0.2) is 4.98 Å². The van der Waals surface area contributed by atoms with Gasteiger partial charge in [0.05, 0.1) is 11.3 Å². The maximum absolute atomic E-state index is 9.02. The Balaban J connectivity index is 2.11. The Morgan fingerprint density at radius 2 is 2.17 bits per heavy atom. The minimum Gasteiger partial charge on any atom is -0.464 e. The second kappa shape index (κ2) is 4.55. The SMILES string of the molecule is Cc1nc(-c2coc3ccccc23)sc1CCO. The highest BCUT2D eigenvalue weighted by molar-refractivity contribution is 7.15. The summed E-state index contributed by atoms with van der Waals surface area (Å²) in [5, 5.41) is 11.1. The molecule has 0 spiro atoms. The monoisotopic (exact) mass is 259 g/mol. The molecule has 0 unspecified atom stereocenters. The van der Waals surface area contributed by atoms with Gasteiger partial charge in [-0.1, -0.05) is 18.2 Å². The molecule has 3 nitrogen and oxygen atoms in total. The van der Waals surface area contributed by atoms with E-state index in [1.165, 1.54) is 0 Å². The molecule has 4 heteroatoms. The molecule has 0 aliphatic carbocycles. The minimum atomic E-state index is 0.161. The van der Waals surface area contributed by atoms with Crippen molar-refractivity contribution >= 4 is 22.3 Å². The van der Waals surface area contributed by atoms with Gasteiger partial charge in [0.1, 0.15) is 16.9 Å². The lowest BCUT2D eigenvalue weighted by Gasteiger charge is -1.91. The molecule has 0 fully saturated rings. The number of nitrogens with zero attached hydrogens (tertiary/aromatic N) is 1. The number of para-hydroxylation sites is 1. The molecule has 0 aliphatic rings. The molecule has 0 bridgehead atoms. The fourth-order valence-electron chi connectivity index (χ4n) is 2.02. The van der Waals surface area contributed by atoms with Crippen molar-refractivity contribution in [3.8, 4) is 10.6 Å². The number of furan rings is 1. The van der Waals surface area contributed by atoms with E-state index in [0.29, 0.717) is 6.42 Å². The van der Waals surface area contributed by atoms with Gasteiger partial charge < -0.3 is 9.52 Å². The van der Waals surface area contributed by atoms with Gasteiger partial charge in [0, 0.05) is 23.3 Å². The number of aliphatic hydroxyl groups excluding tert-OH is 1. The highest BCUT2D eigenvalue weighted by atomic mass is 32.1. The summed E-state index contributed by atoms with van der Waals surface area (Å²) in [6.07, 6.45) is 2.42. The Morgan fingerprint density at radius 3 is 3.00 bits per heavy atom. The molecule has 92 valence electrons. The molecule has 0 saturated heterocycles. The van der Waals surface area contributed by atoms with Gasteiger partial charge in [-0.15, -0.1) is 11.3 Å². The summed E-state index contributed by atoms with van der Waals surface area (Å²) in [5.41, 5.74) is 2.90. The molecule has 2 aromatic heterocycles. The highest BCUT2D eigenvalue weighted by Crippen LogP contribution is 2.34. The van der Waals surface area contributed by atoms with Crippen LogP contribution in [0.5, 0.6) is 0 Å². The molecule has 1 aromatic carbocycles. The van der Waals surface area contributed by atoms with Crippen LogP contribution in [-0.2, 0) is 6.42 Å². The Morgan fingerprint density at radius 1 is 1.33 bits per heavy atom. The van der Waals surface area contributed by atoms with Crippen molar-refractivity contribution in [1.82, 2.24) is 4.98 Å². The highest BCUT2D eigenvalue weighted by Gasteiger charge is 2.13. The summed E-state index contributed by atoms with van der Waals surface area (Å²) >= 11 is 1.63. The number of aromatic nitrogens is 1. The maximum atomic E-state index is 9.02. The predicted octanol–water partition coefficient (Wildman–Crippen LogP) is 3.40. The molecule has 0 aliphatic heterocycles. The van der Waals surface area contributed by atoms with Crippen LogP contribution in [0.4, 0.5) is 0 Å². The van der Waals surface area contributed by atoms with E-state index in [2.05, 4.69) is 4.98 Å².